The second-order valence-electron chi connectivity index (χ2n) is 17.9. The number of alkyl halides is 3. The molecule has 14 nitrogen and oxygen atoms in total. The highest BCUT2D eigenvalue weighted by Crippen LogP contribution is 2.43. The lowest BCUT2D eigenvalue weighted by Crippen LogP contribution is -2.55. The van der Waals surface area contributed by atoms with Crippen LogP contribution in [0.15, 0.2) is 65.6 Å². The monoisotopic (exact) mass is 992 g/mol. The molecule has 2 aromatic carbocycles. The van der Waals surface area contributed by atoms with Crippen molar-refractivity contribution in [1.29, 1.82) is 5.26 Å². The number of thiazole rings is 2. The molecule has 2 fully saturated rings. The number of anilines is 2. The SMILES string of the molecule is Cc1ncsc1-c1csc([C@@H]2C[C@@H](O)CN2C(=O)[C@@H](NC(=O)COCCCCOc2ccc(-c3ccc(N4C(=S)N(c5ccc(C#N)c(C(F)(F)F)c5F)C(=O)C4(C)C)cn3)cc2)C(C)(C)C)n1. The summed E-state index contributed by atoms with van der Waals surface area (Å²) in [6.45, 7) is 11.1. The number of halogens is 4. The number of aliphatic hydroxyl groups is 1. The molecule has 0 unspecified atom stereocenters. The lowest BCUT2D eigenvalue weighted by Gasteiger charge is -2.35. The van der Waals surface area contributed by atoms with Crippen LogP contribution in [0.5, 0.6) is 5.75 Å². The lowest BCUT2D eigenvalue weighted by atomic mass is 9.85. The van der Waals surface area contributed by atoms with Crippen LogP contribution in [0.4, 0.5) is 28.9 Å². The van der Waals surface area contributed by atoms with E-state index in [1.807, 2.05) is 45.2 Å². The normalized spacial score (nSPS) is 17.7. The number of carbonyl (C=O) groups is 3. The number of hydrogen-bond acceptors (Lipinski definition) is 13. The van der Waals surface area contributed by atoms with Crippen LogP contribution in [-0.2, 0) is 25.3 Å². The Balaban J connectivity index is 0.869. The Labute approximate surface area is 403 Å². The van der Waals surface area contributed by atoms with Crippen LogP contribution in [-0.4, -0.2) is 91.8 Å². The standard InChI is InChI=1S/C47H48F4N8O6S3/c1-26-39(68-25-54-26)33-24-67-41(55-33)35-19-30(60)22-57(35)42(62)40(45(2,3)4)56-36(61)23-64-17-7-8-18-65-31-13-9-27(10-14-31)32-15-12-29(21-53-32)59-44(66)58(43(63)46(59,5)6)34-16-11-28(20-52)37(38(34)48)47(49,50)51/h9-16,21,24-25,30,35,40,60H,7-8,17-19,22-23H2,1-6H3,(H,56,61)/t30-,35+,40-/m1/s1. The molecule has 68 heavy (non-hydrogen) atoms. The predicted molar refractivity (Wildman–Crippen MR) is 252 cm³/mol. The molecule has 2 aliphatic heterocycles. The number of amides is 3. The molecule has 2 saturated heterocycles. The Bertz CT molecular complexity index is 2730. The van der Waals surface area contributed by atoms with Gasteiger partial charge in [-0.3, -0.25) is 24.3 Å². The number of pyridine rings is 1. The van der Waals surface area contributed by atoms with Crippen molar-refractivity contribution < 1.29 is 46.5 Å². The van der Waals surface area contributed by atoms with Gasteiger partial charge in [0.05, 0.1) is 75.4 Å². The summed E-state index contributed by atoms with van der Waals surface area (Å²) in [5.41, 5.74) is -0.423. The van der Waals surface area contributed by atoms with Gasteiger partial charge in [0, 0.05) is 30.5 Å². The fraction of sp³-hybridized carbons (Fsp3) is 0.404. The first-order valence-corrected chi connectivity index (χ1v) is 23.7. The minimum Gasteiger partial charge on any atom is -0.494 e. The smallest absolute Gasteiger partial charge is 0.420 e. The average molecular weight is 993 g/mol. The van der Waals surface area contributed by atoms with E-state index in [1.54, 1.807) is 34.7 Å². The van der Waals surface area contributed by atoms with Gasteiger partial charge in [-0.1, -0.05) is 20.8 Å². The van der Waals surface area contributed by atoms with Gasteiger partial charge in [0.15, 0.2) is 10.9 Å². The molecule has 0 saturated carbocycles. The van der Waals surface area contributed by atoms with Crippen LogP contribution in [0.3, 0.4) is 0 Å². The molecule has 2 aliphatic rings. The van der Waals surface area contributed by atoms with Crippen LogP contribution < -0.4 is 19.9 Å². The molecule has 0 radical (unpaired) electrons. The zero-order valence-corrected chi connectivity index (χ0v) is 40.3. The Morgan fingerprint density at radius 3 is 2.40 bits per heavy atom. The van der Waals surface area contributed by atoms with Crippen LogP contribution in [0, 0.1) is 29.5 Å². The van der Waals surface area contributed by atoms with E-state index in [1.165, 1.54) is 53.7 Å². The van der Waals surface area contributed by atoms with Crippen LogP contribution in [0.2, 0.25) is 0 Å². The van der Waals surface area contributed by atoms with Gasteiger partial charge in [-0.15, -0.1) is 22.7 Å². The number of ether oxygens (including phenoxy) is 2. The number of hydrogen-bond donors (Lipinski definition) is 2. The molecule has 0 spiro atoms. The summed E-state index contributed by atoms with van der Waals surface area (Å²) in [4.78, 5) is 59.0. The van der Waals surface area contributed by atoms with Crippen molar-refractivity contribution in [2.45, 2.75) is 90.7 Å². The van der Waals surface area contributed by atoms with Gasteiger partial charge < -0.3 is 29.7 Å². The van der Waals surface area contributed by atoms with Crippen molar-refractivity contribution in [2.75, 3.05) is 36.2 Å². The van der Waals surface area contributed by atoms with Crippen molar-refractivity contribution in [3.63, 3.8) is 0 Å². The van der Waals surface area contributed by atoms with Gasteiger partial charge in [-0.2, -0.15) is 18.4 Å². The number of carbonyl (C=O) groups excluding carboxylic acids is 3. The number of nitriles is 1. The second-order valence-corrected chi connectivity index (χ2v) is 20.0. The Kier molecular flexibility index (Phi) is 14.7. The number of aliphatic hydroxyl groups excluding tert-OH is 1. The summed E-state index contributed by atoms with van der Waals surface area (Å²) in [7, 11) is 0. The van der Waals surface area contributed by atoms with Crippen LogP contribution in [0.1, 0.15) is 81.8 Å². The minimum atomic E-state index is -5.19. The maximum Gasteiger partial charge on any atom is 0.420 e. The van der Waals surface area contributed by atoms with E-state index in [-0.39, 0.29) is 30.8 Å². The molecule has 2 N–H and O–H groups in total. The topological polar surface area (TPSA) is 174 Å². The lowest BCUT2D eigenvalue weighted by molar-refractivity contribution is -0.141. The summed E-state index contributed by atoms with van der Waals surface area (Å²) >= 11 is 8.46. The van der Waals surface area contributed by atoms with Crippen molar-refractivity contribution in [2.24, 2.45) is 5.41 Å². The maximum atomic E-state index is 15.4. The van der Waals surface area contributed by atoms with Gasteiger partial charge in [0.25, 0.3) is 5.91 Å². The molecule has 21 heteroatoms. The first kappa shape index (κ1) is 50.0. The van der Waals surface area contributed by atoms with Crippen molar-refractivity contribution in [3.05, 3.63) is 93.3 Å². The highest BCUT2D eigenvalue weighted by atomic mass is 32.1. The first-order valence-electron chi connectivity index (χ1n) is 21.5. The molecular formula is C47H48F4N8O6S3. The molecule has 358 valence electrons. The van der Waals surface area contributed by atoms with Crippen molar-refractivity contribution in [3.8, 4) is 33.6 Å². The van der Waals surface area contributed by atoms with E-state index in [0.29, 0.717) is 47.9 Å². The van der Waals surface area contributed by atoms with Crippen LogP contribution in [0.25, 0.3) is 21.8 Å². The number of benzene rings is 2. The van der Waals surface area contributed by atoms with E-state index < -0.39 is 69.8 Å². The minimum absolute atomic E-state index is 0.132. The maximum absolute atomic E-state index is 15.4. The Hall–Kier alpha value is -5.92. The van der Waals surface area contributed by atoms with E-state index in [0.717, 1.165) is 39.0 Å². The molecular weight excluding hydrogens is 945 g/mol. The Morgan fingerprint density at radius 1 is 1.04 bits per heavy atom. The predicted octanol–water partition coefficient (Wildman–Crippen LogP) is 8.62. The number of rotatable bonds is 15. The zero-order chi connectivity index (χ0) is 49.3. The molecule has 0 bridgehead atoms. The number of β-amino-alcohol motifs (C(OH)–C–C–N with tert-alkyl or cyclic N) is 1. The number of likely N-dealkylation sites (tertiary alicyclic amines) is 1. The fourth-order valence-corrected chi connectivity index (χ4v) is 10.3. The number of aromatic nitrogens is 3. The summed E-state index contributed by atoms with van der Waals surface area (Å²) in [6.07, 6.45) is -2.88. The summed E-state index contributed by atoms with van der Waals surface area (Å²) in [5.74, 6) is -2.67. The first-order chi connectivity index (χ1) is 32.1. The number of nitrogens with zero attached hydrogens (tertiary/aromatic N) is 7. The van der Waals surface area contributed by atoms with E-state index in [9.17, 15) is 37.9 Å². The van der Waals surface area contributed by atoms with E-state index >= 15 is 4.39 Å². The molecule has 3 aromatic heterocycles. The summed E-state index contributed by atoms with van der Waals surface area (Å²) in [5, 5.41) is 25.1. The molecule has 0 aliphatic carbocycles. The summed E-state index contributed by atoms with van der Waals surface area (Å²) < 4.78 is 68.3. The number of aryl methyl sites for hydroxylation is 1. The zero-order valence-electron chi connectivity index (χ0n) is 37.9. The quantitative estimate of drug-likeness (QED) is 0.0582. The average Bonchev–Trinajstić information content (AvgIpc) is 4.07. The van der Waals surface area contributed by atoms with Gasteiger partial charge in [0.2, 0.25) is 11.8 Å². The molecule has 3 amide bonds. The Morgan fingerprint density at radius 2 is 1.76 bits per heavy atom. The fourth-order valence-electron chi connectivity index (χ4n) is 8.02. The van der Waals surface area contributed by atoms with Gasteiger partial charge in [0.1, 0.15) is 34.5 Å². The molecule has 5 heterocycles. The molecule has 7 rings (SSSR count). The number of unbranched alkanes of at least 4 members (excludes halogenated alkanes) is 1. The molecule has 5 aromatic rings. The number of nitrogens with one attached hydrogen (secondary N) is 1. The van der Waals surface area contributed by atoms with Gasteiger partial charge in [-0.05, 0) is 99.8 Å². The van der Waals surface area contributed by atoms with E-state index in [2.05, 4.69) is 15.3 Å². The second kappa shape index (κ2) is 20.0. The highest BCUT2D eigenvalue weighted by molar-refractivity contribution is 7.81. The third kappa shape index (κ3) is 10.4. The van der Waals surface area contributed by atoms with Crippen molar-refractivity contribution >= 4 is 69.1 Å². The van der Waals surface area contributed by atoms with Crippen molar-refractivity contribution in [1.82, 2.24) is 25.2 Å². The largest absolute Gasteiger partial charge is 0.494 e. The van der Waals surface area contributed by atoms with Gasteiger partial charge >= 0.3 is 6.18 Å². The summed E-state index contributed by atoms with van der Waals surface area (Å²) in [6, 6.07) is 12.3. The number of thiocarbonyl (C=S) groups is 1. The van der Waals surface area contributed by atoms with E-state index in [4.69, 9.17) is 26.7 Å². The molecule has 3 atom stereocenters. The highest BCUT2D eigenvalue weighted by Gasteiger charge is 2.52. The van der Waals surface area contributed by atoms with Crippen LogP contribution >= 0.6 is 34.9 Å². The third-order valence-corrected chi connectivity index (χ3v) is 13.8. The third-order valence-electron chi connectivity index (χ3n) is 11.5. The van der Waals surface area contributed by atoms with Gasteiger partial charge in [-0.25, -0.2) is 14.4 Å².